The third kappa shape index (κ3) is 3.57. The Morgan fingerprint density at radius 2 is 2.08 bits per heavy atom. The summed E-state index contributed by atoms with van der Waals surface area (Å²) >= 11 is 0. The van der Waals surface area contributed by atoms with Gasteiger partial charge in [-0.1, -0.05) is 6.07 Å². The highest BCUT2D eigenvalue weighted by atomic mass is 16.5. The van der Waals surface area contributed by atoms with Gasteiger partial charge >= 0.3 is 5.97 Å². The summed E-state index contributed by atoms with van der Waals surface area (Å²) < 4.78 is 5.43. The number of hydrogen-bond acceptors (Lipinski definition) is 5. The van der Waals surface area contributed by atoms with E-state index in [0.717, 1.165) is 38.8 Å². The van der Waals surface area contributed by atoms with Gasteiger partial charge in [-0.2, -0.15) is 0 Å². The minimum Gasteiger partial charge on any atom is -0.477 e. The number of ether oxygens (including phenoxy) is 1. The Morgan fingerprint density at radius 1 is 1.29 bits per heavy atom. The maximum absolute atomic E-state index is 12.4. The molecule has 130 valence electrons. The molecule has 1 aliphatic carbocycles. The molecule has 1 aromatic heterocycles. The SMILES string of the molecule is COC1CCN([C@@H]2CCC[C@@H]2NC(=O)c2cccc(C(=O)O)n2)C1. The molecule has 1 saturated heterocycles. The zero-order valence-corrected chi connectivity index (χ0v) is 13.8. The summed E-state index contributed by atoms with van der Waals surface area (Å²) in [6, 6.07) is 4.86. The van der Waals surface area contributed by atoms with E-state index < -0.39 is 5.97 Å². The molecule has 7 heteroatoms. The average Bonchev–Trinajstić information content (AvgIpc) is 3.23. The first-order chi connectivity index (χ1) is 11.6. The third-order valence-corrected chi connectivity index (χ3v) is 4.98. The van der Waals surface area contributed by atoms with Gasteiger partial charge in [-0.25, -0.2) is 9.78 Å². The second kappa shape index (κ2) is 7.27. The van der Waals surface area contributed by atoms with Crippen LogP contribution in [0, 0.1) is 0 Å². The molecule has 0 bridgehead atoms. The van der Waals surface area contributed by atoms with E-state index in [1.807, 2.05) is 0 Å². The van der Waals surface area contributed by atoms with E-state index in [1.54, 1.807) is 19.2 Å². The number of nitrogens with zero attached hydrogens (tertiary/aromatic N) is 2. The number of carbonyl (C=O) groups excluding carboxylic acids is 1. The first kappa shape index (κ1) is 16.9. The summed E-state index contributed by atoms with van der Waals surface area (Å²) in [4.78, 5) is 29.8. The molecule has 1 aromatic rings. The molecule has 2 aliphatic rings. The van der Waals surface area contributed by atoms with Crippen molar-refractivity contribution >= 4 is 11.9 Å². The van der Waals surface area contributed by atoms with Crippen LogP contribution in [0.25, 0.3) is 0 Å². The smallest absolute Gasteiger partial charge is 0.354 e. The number of rotatable bonds is 5. The monoisotopic (exact) mass is 333 g/mol. The number of aromatic carboxylic acids is 1. The molecule has 0 aromatic carbocycles. The minimum atomic E-state index is -1.13. The van der Waals surface area contributed by atoms with Crippen LogP contribution in [0.3, 0.4) is 0 Å². The fourth-order valence-electron chi connectivity index (χ4n) is 3.72. The number of methoxy groups -OCH3 is 1. The summed E-state index contributed by atoms with van der Waals surface area (Å²) in [5.41, 5.74) is 0.0323. The van der Waals surface area contributed by atoms with Crippen LogP contribution in [0.4, 0.5) is 0 Å². The molecule has 7 nitrogen and oxygen atoms in total. The molecule has 24 heavy (non-hydrogen) atoms. The van der Waals surface area contributed by atoms with Crippen molar-refractivity contribution in [2.45, 2.75) is 43.9 Å². The summed E-state index contributed by atoms with van der Waals surface area (Å²) in [6.07, 6.45) is 4.37. The molecule has 2 fully saturated rings. The van der Waals surface area contributed by atoms with Gasteiger partial charge in [-0.05, 0) is 37.8 Å². The normalized spacial score (nSPS) is 27.3. The summed E-state index contributed by atoms with van der Waals surface area (Å²) in [5.74, 6) is -1.44. The van der Waals surface area contributed by atoms with Gasteiger partial charge in [0.25, 0.3) is 5.91 Å². The number of aromatic nitrogens is 1. The van der Waals surface area contributed by atoms with Crippen LogP contribution in [0.15, 0.2) is 18.2 Å². The lowest BCUT2D eigenvalue weighted by atomic mass is 10.1. The molecular weight excluding hydrogens is 310 g/mol. The van der Waals surface area contributed by atoms with Gasteiger partial charge in [-0.15, -0.1) is 0 Å². The predicted octanol–water partition coefficient (Wildman–Crippen LogP) is 1.15. The molecule has 1 amide bonds. The zero-order valence-electron chi connectivity index (χ0n) is 13.8. The van der Waals surface area contributed by atoms with E-state index in [-0.39, 0.29) is 29.4 Å². The van der Waals surface area contributed by atoms with E-state index in [2.05, 4.69) is 15.2 Å². The fraction of sp³-hybridized carbons (Fsp3) is 0.588. The summed E-state index contributed by atoms with van der Waals surface area (Å²) in [5, 5.41) is 12.0. The van der Waals surface area contributed by atoms with Gasteiger partial charge < -0.3 is 15.2 Å². The summed E-state index contributed by atoms with van der Waals surface area (Å²) in [6.45, 7) is 1.89. The van der Waals surface area contributed by atoms with E-state index in [0.29, 0.717) is 6.04 Å². The predicted molar refractivity (Wildman–Crippen MR) is 87.1 cm³/mol. The third-order valence-electron chi connectivity index (χ3n) is 4.98. The molecule has 2 N–H and O–H groups in total. The molecule has 0 spiro atoms. The Balaban J connectivity index is 1.65. The van der Waals surface area contributed by atoms with E-state index in [1.165, 1.54) is 6.07 Å². The topological polar surface area (TPSA) is 91.8 Å². The van der Waals surface area contributed by atoms with Crippen molar-refractivity contribution < 1.29 is 19.4 Å². The van der Waals surface area contributed by atoms with Gasteiger partial charge in [0.1, 0.15) is 11.4 Å². The summed E-state index contributed by atoms with van der Waals surface area (Å²) in [7, 11) is 1.74. The van der Waals surface area contributed by atoms with Gasteiger partial charge in [0.05, 0.1) is 6.10 Å². The van der Waals surface area contributed by atoms with Crippen LogP contribution in [-0.2, 0) is 4.74 Å². The lowest BCUT2D eigenvalue weighted by Gasteiger charge is -2.29. The first-order valence-corrected chi connectivity index (χ1v) is 8.36. The number of pyridine rings is 1. The quantitative estimate of drug-likeness (QED) is 0.840. The molecule has 0 radical (unpaired) electrons. The highest BCUT2D eigenvalue weighted by Crippen LogP contribution is 2.28. The number of hydrogen-bond donors (Lipinski definition) is 2. The lowest BCUT2D eigenvalue weighted by Crippen LogP contribution is -2.48. The zero-order chi connectivity index (χ0) is 17.1. The fourth-order valence-corrected chi connectivity index (χ4v) is 3.72. The molecule has 1 aliphatic heterocycles. The van der Waals surface area contributed by atoms with Gasteiger partial charge in [0.2, 0.25) is 0 Å². The molecule has 1 saturated carbocycles. The van der Waals surface area contributed by atoms with Crippen molar-refractivity contribution in [2.24, 2.45) is 0 Å². The number of nitrogens with one attached hydrogen (secondary N) is 1. The Hall–Kier alpha value is -1.99. The van der Waals surface area contributed by atoms with Crippen molar-refractivity contribution in [3.05, 3.63) is 29.6 Å². The highest BCUT2D eigenvalue weighted by molar-refractivity contribution is 5.94. The second-order valence-electron chi connectivity index (χ2n) is 6.43. The van der Waals surface area contributed by atoms with Gasteiger partial charge in [-0.3, -0.25) is 9.69 Å². The Kier molecular flexibility index (Phi) is 5.11. The second-order valence-corrected chi connectivity index (χ2v) is 6.43. The number of carboxylic acid groups (broad SMARTS) is 1. The van der Waals surface area contributed by atoms with Gasteiger partial charge in [0, 0.05) is 32.3 Å². The Morgan fingerprint density at radius 3 is 2.79 bits per heavy atom. The molecule has 3 atom stereocenters. The van der Waals surface area contributed by atoms with Crippen molar-refractivity contribution in [3.8, 4) is 0 Å². The number of carbonyl (C=O) groups is 2. The number of likely N-dealkylation sites (tertiary alicyclic amines) is 1. The van der Waals surface area contributed by atoms with Crippen LogP contribution >= 0.6 is 0 Å². The maximum atomic E-state index is 12.4. The van der Waals surface area contributed by atoms with Crippen LogP contribution in [0.5, 0.6) is 0 Å². The van der Waals surface area contributed by atoms with Crippen LogP contribution in [0.1, 0.15) is 46.7 Å². The van der Waals surface area contributed by atoms with E-state index in [9.17, 15) is 9.59 Å². The van der Waals surface area contributed by atoms with E-state index >= 15 is 0 Å². The maximum Gasteiger partial charge on any atom is 0.354 e. The average molecular weight is 333 g/mol. The molecule has 1 unspecified atom stereocenters. The van der Waals surface area contributed by atoms with Crippen LogP contribution in [0.2, 0.25) is 0 Å². The number of carboxylic acids is 1. The van der Waals surface area contributed by atoms with Crippen LogP contribution < -0.4 is 5.32 Å². The molecular formula is C17H23N3O4. The standard InChI is InChI=1S/C17H23N3O4/c1-24-11-8-9-20(10-11)15-7-3-4-12(15)19-16(21)13-5-2-6-14(18-13)17(22)23/h2,5-6,11-12,15H,3-4,7-10H2,1H3,(H,19,21)(H,22,23)/t11?,12-,15+/m0/s1. The largest absolute Gasteiger partial charge is 0.477 e. The van der Waals surface area contributed by atoms with Gasteiger partial charge in [0.15, 0.2) is 0 Å². The van der Waals surface area contributed by atoms with Crippen molar-refractivity contribution in [3.63, 3.8) is 0 Å². The van der Waals surface area contributed by atoms with Crippen molar-refractivity contribution in [1.29, 1.82) is 0 Å². The number of amides is 1. The molecule has 2 heterocycles. The van der Waals surface area contributed by atoms with Crippen molar-refractivity contribution in [1.82, 2.24) is 15.2 Å². The van der Waals surface area contributed by atoms with Crippen LogP contribution in [-0.4, -0.2) is 65.3 Å². The molecule has 3 rings (SSSR count). The van der Waals surface area contributed by atoms with E-state index in [4.69, 9.17) is 9.84 Å². The lowest BCUT2D eigenvalue weighted by molar-refractivity contribution is 0.0690. The Bertz CT molecular complexity index is 622. The highest BCUT2D eigenvalue weighted by Gasteiger charge is 2.37. The minimum absolute atomic E-state index is 0.0726. The Labute approximate surface area is 141 Å². The first-order valence-electron chi connectivity index (χ1n) is 8.36. The van der Waals surface area contributed by atoms with Crippen molar-refractivity contribution in [2.75, 3.05) is 20.2 Å².